The molecule has 72 valence electrons. The molecule has 0 saturated heterocycles. The van der Waals surface area contributed by atoms with E-state index in [1.807, 2.05) is 0 Å². The Hall–Kier alpha value is -1.13. The van der Waals surface area contributed by atoms with Gasteiger partial charge in [-0.25, -0.2) is 4.79 Å². The van der Waals surface area contributed by atoms with Crippen molar-refractivity contribution in [3.05, 3.63) is 30.1 Å². The molecule has 0 bridgehead atoms. The van der Waals surface area contributed by atoms with Gasteiger partial charge in [-0.1, -0.05) is 0 Å². The average molecular weight is 203 g/mol. The van der Waals surface area contributed by atoms with Crippen LogP contribution in [0.3, 0.4) is 0 Å². The minimum atomic E-state index is -0.955. The Morgan fingerprint density at radius 2 is 2.08 bits per heavy atom. The Balaban J connectivity index is 0.00000144. The van der Waals surface area contributed by atoms with Gasteiger partial charge in [0.2, 0.25) is 0 Å². The van der Waals surface area contributed by atoms with Gasteiger partial charge < -0.3 is 22.3 Å². The summed E-state index contributed by atoms with van der Waals surface area (Å²) in [6.07, 6.45) is 3.28. The molecule has 0 aliphatic heterocycles. The van der Waals surface area contributed by atoms with Gasteiger partial charge in [-0.2, -0.15) is 0 Å². The number of aromatic nitrogens is 1. The summed E-state index contributed by atoms with van der Waals surface area (Å²) in [5, 5.41) is 8.25. The quantitative estimate of drug-likeness (QED) is 0.596. The maximum atomic E-state index is 10.1. The number of halogens is 1. The largest absolute Gasteiger partial charge is 1.00 e. The smallest absolute Gasteiger partial charge is 0.329 e. The fourth-order valence-corrected chi connectivity index (χ4v) is 0.735. The molecule has 13 heavy (non-hydrogen) atoms. The van der Waals surface area contributed by atoms with Crippen LogP contribution in [-0.4, -0.2) is 22.7 Å². The first-order chi connectivity index (χ1) is 5.79. The summed E-state index contributed by atoms with van der Waals surface area (Å²) in [7, 11) is 0. The first-order valence-electron chi connectivity index (χ1n) is 3.47. The van der Waals surface area contributed by atoms with Gasteiger partial charge in [0.25, 0.3) is 0 Å². The van der Waals surface area contributed by atoms with Crippen molar-refractivity contribution in [2.45, 2.75) is 6.61 Å². The number of carboxylic acids is 1. The third-order valence-corrected chi connectivity index (χ3v) is 1.24. The van der Waals surface area contributed by atoms with E-state index in [4.69, 9.17) is 9.84 Å². The van der Waals surface area contributed by atoms with Gasteiger partial charge in [-0.05, 0) is 17.7 Å². The molecule has 0 aliphatic rings. The van der Waals surface area contributed by atoms with Crippen LogP contribution in [0.1, 0.15) is 5.56 Å². The minimum absolute atomic E-state index is 0. The Morgan fingerprint density at radius 1 is 1.46 bits per heavy atom. The van der Waals surface area contributed by atoms with Crippen LogP contribution in [0.2, 0.25) is 0 Å². The molecular weight excluding hydrogens is 194 g/mol. The van der Waals surface area contributed by atoms with Gasteiger partial charge in [-0.3, -0.25) is 4.98 Å². The van der Waals surface area contributed by atoms with Crippen LogP contribution in [-0.2, 0) is 16.1 Å². The molecule has 0 unspecified atom stereocenters. The molecule has 1 rings (SSSR count). The first-order valence-corrected chi connectivity index (χ1v) is 3.47. The molecule has 1 heterocycles. The first kappa shape index (κ1) is 11.9. The lowest BCUT2D eigenvalue weighted by Gasteiger charge is -1.99. The van der Waals surface area contributed by atoms with Crippen LogP contribution in [0.4, 0.5) is 0 Å². The molecule has 0 atom stereocenters. The third-order valence-electron chi connectivity index (χ3n) is 1.24. The zero-order chi connectivity index (χ0) is 8.81. The van der Waals surface area contributed by atoms with Crippen molar-refractivity contribution in [2.24, 2.45) is 0 Å². The number of aliphatic carboxylic acids is 1. The van der Waals surface area contributed by atoms with Gasteiger partial charge >= 0.3 is 5.97 Å². The molecule has 0 spiro atoms. The van der Waals surface area contributed by atoms with Gasteiger partial charge in [-0.15, -0.1) is 0 Å². The Kier molecular flexibility index (Phi) is 5.84. The number of pyridine rings is 1. The van der Waals surface area contributed by atoms with Crippen molar-refractivity contribution in [3.63, 3.8) is 0 Å². The maximum Gasteiger partial charge on any atom is 0.329 e. The van der Waals surface area contributed by atoms with Crippen molar-refractivity contribution in [2.75, 3.05) is 6.61 Å². The Labute approximate surface area is 82.0 Å². The predicted octanol–water partition coefficient (Wildman–Crippen LogP) is -2.31. The average Bonchev–Trinajstić information content (AvgIpc) is 2.05. The zero-order valence-corrected chi connectivity index (χ0v) is 7.57. The second kappa shape index (κ2) is 6.39. The van der Waals surface area contributed by atoms with Gasteiger partial charge in [0.15, 0.2) is 0 Å². The predicted molar refractivity (Wildman–Crippen MR) is 41.5 cm³/mol. The van der Waals surface area contributed by atoms with E-state index in [9.17, 15) is 4.79 Å². The van der Waals surface area contributed by atoms with Crippen molar-refractivity contribution in [1.82, 2.24) is 4.98 Å². The van der Waals surface area contributed by atoms with Crippen molar-refractivity contribution in [3.8, 4) is 0 Å². The van der Waals surface area contributed by atoms with Crippen LogP contribution in [0.15, 0.2) is 24.5 Å². The molecule has 0 saturated carbocycles. The van der Waals surface area contributed by atoms with Gasteiger partial charge in [0.05, 0.1) is 6.61 Å². The lowest BCUT2D eigenvalue weighted by atomic mass is 10.3. The van der Waals surface area contributed by atoms with E-state index >= 15 is 0 Å². The zero-order valence-electron chi connectivity index (χ0n) is 6.81. The highest BCUT2D eigenvalue weighted by Crippen LogP contribution is 1.97. The molecule has 5 heteroatoms. The fraction of sp³-hybridized carbons (Fsp3) is 0.250. The fourth-order valence-electron chi connectivity index (χ4n) is 0.735. The molecule has 1 aromatic heterocycles. The van der Waals surface area contributed by atoms with E-state index in [-0.39, 0.29) is 19.0 Å². The lowest BCUT2D eigenvalue weighted by molar-refractivity contribution is -0.142. The second-order valence-corrected chi connectivity index (χ2v) is 2.24. The monoisotopic (exact) mass is 202 g/mol. The molecule has 1 N–H and O–H groups in total. The molecule has 0 aromatic carbocycles. The lowest BCUT2D eigenvalue weighted by Crippen LogP contribution is -3.00. The van der Waals surface area contributed by atoms with Crippen LogP contribution in [0.5, 0.6) is 0 Å². The number of hydrogen-bond donors (Lipinski definition) is 1. The second-order valence-electron chi connectivity index (χ2n) is 2.24. The van der Waals surface area contributed by atoms with Crippen molar-refractivity contribution in [1.29, 1.82) is 0 Å². The number of rotatable bonds is 4. The summed E-state index contributed by atoms with van der Waals surface area (Å²) in [4.78, 5) is 13.9. The number of nitrogens with zero attached hydrogens (tertiary/aromatic N) is 1. The van der Waals surface area contributed by atoms with E-state index in [1.54, 1.807) is 24.5 Å². The van der Waals surface area contributed by atoms with E-state index in [0.717, 1.165) is 5.56 Å². The van der Waals surface area contributed by atoms with Gasteiger partial charge in [0, 0.05) is 12.4 Å². The van der Waals surface area contributed by atoms with Crippen molar-refractivity contribution < 1.29 is 27.0 Å². The van der Waals surface area contributed by atoms with E-state index in [2.05, 4.69) is 4.98 Å². The minimum Gasteiger partial charge on any atom is -1.00 e. The highest BCUT2D eigenvalue weighted by molar-refractivity contribution is 5.67. The number of ether oxygens (including phenoxy) is 1. The Morgan fingerprint density at radius 3 is 2.62 bits per heavy atom. The van der Waals surface area contributed by atoms with Crippen LogP contribution in [0, 0.1) is 0 Å². The molecule has 0 amide bonds. The number of carbonyl (C=O) groups is 1. The summed E-state index contributed by atoms with van der Waals surface area (Å²) in [5.74, 6) is -0.955. The maximum absolute atomic E-state index is 10.1. The van der Waals surface area contributed by atoms with Gasteiger partial charge in [0.1, 0.15) is 6.61 Å². The van der Waals surface area contributed by atoms with E-state index in [0.29, 0.717) is 6.61 Å². The summed E-state index contributed by atoms with van der Waals surface area (Å²) in [5.41, 5.74) is 0.922. The molecular formula is C8H9ClNO3-. The molecule has 0 radical (unpaired) electrons. The van der Waals surface area contributed by atoms with Crippen LogP contribution >= 0.6 is 0 Å². The highest BCUT2D eigenvalue weighted by Gasteiger charge is 1.96. The third kappa shape index (κ3) is 5.16. The molecule has 0 fully saturated rings. The van der Waals surface area contributed by atoms with Crippen LogP contribution < -0.4 is 12.4 Å². The van der Waals surface area contributed by atoms with E-state index < -0.39 is 5.97 Å². The molecule has 0 aliphatic carbocycles. The number of hydrogen-bond acceptors (Lipinski definition) is 3. The summed E-state index contributed by atoms with van der Waals surface area (Å²) >= 11 is 0. The van der Waals surface area contributed by atoms with Crippen molar-refractivity contribution >= 4 is 5.97 Å². The Bertz CT molecular complexity index is 253. The summed E-state index contributed by atoms with van der Waals surface area (Å²) in [6.45, 7) is 0.0527. The molecule has 1 aromatic rings. The topological polar surface area (TPSA) is 59.4 Å². The summed E-state index contributed by atoms with van der Waals surface area (Å²) < 4.78 is 4.85. The SMILES string of the molecule is O=C(O)COCc1ccncc1.[Cl-]. The normalized spacial score (nSPS) is 8.92. The molecule has 4 nitrogen and oxygen atoms in total. The standard InChI is InChI=1S/C8H9NO3.ClH/c10-8(11)6-12-5-7-1-3-9-4-2-7;/h1-4H,5-6H2,(H,10,11);1H/p-1. The summed E-state index contributed by atoms with van der Waals surface area (Å²) in [6, 6.07) is 3.56. The van der Waals surface area contributed by atoms with E-state index in [1.165, 1.54) is 0 Å². The van der Waals surface area contributed by atoms with Crippen LogP contribution in [0.25, 0.3) is 0 Å². The number of carboxylic acid groups (broad SMARTS) is 1. The highest BCUT2D eigenvalue weighted by atomic mass is 35.5.